The molecule has 0 unspecified atom stereocenters. The van der Waals surface area contributed by atoms with Gasteiger partial charge in [-0.2, -0.15) is 0 Å². The summed E-state index contributed by atoms with van der Waals surface area (Å²) in [6, 6.07) is 9.75. The number of benzene rings is 1. The Morgan fingerprint density at radius 1 is 1.24 bits per heavy atom. The zero-order valence-corrected chi connectivity index (χ0v) is 12.5. The zero-order chi connectivity index (χ0) is 12.4. The van der Waals surface area contributed by atoms with E-state index in [1.165, 1.54) is 18.4 Å². The standard InChI is InChI=1S/C15H22BrN/c1-10(2)13-8-15(9-13)17-11(3)12-5-4-6-14(16)7-12/h4-7,10-11,13,15,17H,8-9H2,1-3H3/t11-,13?,15?/m1/s1. The lowest BCUT2D eigenvalue weighted by molar-refractivity contribution is 0.159. The molecule has 0 amide bonds. The molecule has 0 aromatic heterocycles. The Balaban J connectivity index is 1.85. The van der Waals surface area contributed by atoms with Gasteiger partial charge in [-0.3, -0.25) is 0 Å². The van der Waals surface area contributed by atoms with Crippen molar-refractivity contribution in [2.24, 2.45) is 11.8 Å². The molecule has 0 saturated heterocycles. The van der Waals surface area contributed by atoms with Gasteiger partial charge in [0, 0.05) is 16.6 Å². The Bertz CT molecular complexity index is 369. The molecule has 1 aliphatic carbocycles. The van der Waals surface area contributed by atoms with Crippen LogP contribution in [0.4, 0.5) is 0 Å². The van der Waals surface area contributed by atoms with E-state index in [1.54, 1.807) is 0 Å². The van der Waals surface area contributed by atoms with E-state index in [1.807, 2.05) is 0 Å². The van der Waals surface area contributed by atoms with Crippen molar-refractivity contribution >= 4 is 15.9 Å². The number of hydrogen-bond acceptors (Lipinski definition) is 1. The number of hydrogen-bond donors (Lipinski definition) is 1. The summed E-state index contributed by atoms with van der Waals surface area (Å²) in [7, 11) is 0. The fourth-order valence-electron chi connectivity index (χ4n) is 2.57. The molecular formula is C15H22BrN. The van der Waals surface area contributed by atoms with Gasteiger partial charge in [-0.1, -0.05) is 41.9 Å². The highest BCUT2D eigenvalue weighted by atomic mass is 79.9. The van der Waals surface area contributed by atoms with Crippen molar-refractivity contribution in [3.8, 4) is 0 Å². The molecule has 0 bridgehead atoms. The van der Waals surface area contributed by atoms with Crippen LogP contribution in [0.5, 0.6) is 0 Å². The van der Waals surface area contributed by atoms with E-state index in [9.17, 15) is 0 Å². The Labute approximate surface area is 113 Å². The summed E-state index contributed by atoms with van der Waals surface area (Å²) in [5, 5.41) is 3.72. The summed E-state index contributed by atoms with van der Waals surface area (Å²) in [6.45, 7) is 6.92. The zero-order valence-electron chi connectivity index (χ0n) is 10.9. The van der Waals surface area contributed by atoms with Crippen molar-refractivity contribution in [1.82, 2.24) is 5.32 Å². The monoisotopic (exact) mass is 295 g/mol. The van der Waals surface area contributed by atoms with Crippen molar-refractivity contribution < 1.29 is 0 Å². The Hall–Kier alpha value is -0.340. The molecule has 1 nitrogen and oxygen atoms in total. The first-order valence-electron chi connectivity index (χ1n) is 6.57. The minimum Gasteiger partial charge on any atom is -0.307 e. The summed E-state index contributed by atoms with van der Waals surface area (Å²) < 4.78 is 1.16. The summed E-state index contributed by atoms with van der Waals surface area (Å²) in [4.78, 5) is 0. The van der Waals surface area contributed by atoms with Crippen molar-refractivity contribution in [3.05, 3.63) is 34.3 Å². The Morgan fingerprint density at radius 3 is 2.53 bits per heavy atom. The topological polar surface area (TPSA) is 12.0 Å². The van der Waals surface area contributed by atoms with Gasteiger partial charge in [-0.15, -0.1) is 0 Å². The van der Waals surface area contributed by atoms with E-state index in [2.05, 4.69) is 66.3 Å². The van der Waals surface area contributed by atoms with E-state index < -0.39 is 0 Å². The quantitative estimate of drug-likeness (QED) is 0.860. The van der Waals surface area contributed by atoms with Gasteiger partial charge < -0.3 is 5.32 Å². The summed E-state index contributed by atoms with van der Waals surface area (Å²) in [5.74, 6) is 1.77. The maximum atomic E-state index is 3.72. The highest BCUT2D eigenvalue weighted by molar-refractivity contribution is 9.10. The average molecular weight is 296 g/mol. The number of halogens is 1. The second kappa shape index (κ2) is 5.53. The molecule has 17 heavy (non-hydrogen) atoms. The van der Waals surface area contributed by atoms with Gasteiger partial charge in [0.05, 0.1) is 0 Å². The van der Waals surface area contributed by atoms with Crippen LogP contribution in [0, 0.1) is 11.8 Å². The molecule has 1 aliphatic rings. The normalized spacial score (nSPS) is 25.7. The molecular weight excluding hydrogens is 274 g/mol. The largest absolute Gasteiger partial charge is 0.307 e. The maximum Gasteiger partial charge on any atom is 0.0294 e. The van der Waals surface area contributed by atoms with Crippen LogP contribution in [0.25, 0.3) is 0 Å². The van der Waals surface area contributed by atoms with Crippen molar-refractivity contribution in [2.75, 3.05) is 0 Å². The van der Waals surface area contributed by atoms with Crippen LogP contribution < -0.4 is 5.32 Å². The predicted molar refractivity (Wildman–Crippen MR) is 77.0 cm³/mol. The molecule has 1 atom stereocenters. The fourth-order valence-corrected chi connectivity index (χ4v) is 2.98. The van der Waals surface area contributed by atoms with E-state index >= 15 is 0 Å². The number of nitrogens with one attached hydrogen (secondary N) is 1. The highest BCUT2D eigenvalue weighted by Crippen LogP contribution is 2.34. The molecule has 1 aromatic carbocycles. The van der Waals surface area contributed by atoms with E-state index in [0.29, 0.717) is 6.04 Å². The SMILES string of the molecule is CC(C)C1CC(N[C@H](C)c2cccc(Br)c2)C1. The van der Waals surface area contributed by atoms with Gasteiger partial charge >= 0.3 is 0 Å². The summed E-state index contributed by atoms with van der Waals surface area (Å²) in [6.07, 6.45) is 2.69. The molecule has 0 spiro atoms. The first-order valence-corrected chi connectivity index (χ1v) is 7.37. The molecule has 2 heteroatoms. The van der Waals surface area contributed by atoms with Gasteiger partial charge in [0.25, 0.3) is 0 Å². The van der Waals surface area contributed by atoms with Crippen LogP contribution >= 0.6 is 15.9 Å². The van der Waals surface area contributed by atoms with Crippen LogP contribution in [-0.2, 0) is 0 Å². The lowest BCUT2D eigenvalue weighted by Crippen LogP contribution is -2.43. The maximum absolute atomic E-state index is 3.72. The molecule has 1 saturated carbocycles. The third-order valence-electron chi connectivity index (χ3n) is 3.95. The molecule has 0 heterocycles. The van der Waals surface area contributed by atoms with E-state index in [0.717, 1.165) is 22.4 Å². The lowest BCUT2D eigenvalue weighted by atomic mass is 9.73. The van der Waals surface area contributed by atoms with Gasteiger partial charge in [-0.05, 0) is 49.3 Å². The van der Waals surface area contributed by atoms with E-state index in [-0.39, 0.29) is 0 Å². The van der Waals surface area contributed by atoms with Crippen LogP contribution in [-0.4, -0.2) is 6.04 Å². The number of rotatable bonds is 4. The third-order valence-corrected chi connectivity index (χ3v) is 4.44. The van der Waals surface area contributed by atoms with Crippen LogP contribution in [0.15, 0.2) is 28.7 Å². The molecule has 1 N–H and O–H groups in total. The first-order chi connectivity index (χ1) is 8.06. The van der Waals surface area contributed by atoms with Crippen LogP contribution in [0.2, 0.25) is 0 Å². The van der Waals surface area contributed by atoms with Crippen molar-refractivity contribution in [1.29, 1.82) is 0 Å². The molecule has 0 aliphatic heterocycles. The highest BCUT2D eigenvalue weighted by Gasteiger charge is 2.31. The molecule has 94 valence electrons. The van der Waals surface area contributed by atoms with Crippen molar-refractivity contribution in [2.45, 2.75) is 45.7 Å². The van der Waals surface area contributed by atoms with Gasteiger partial charge in [0.1, 0.15) is 0 Å². The lowest BCUT2D eigenvalue weighted by Gasteiger charge is -2.40. The minimum absolute atomic E-state index is 0.450. The van der Waals surface area contributed by atoms with Gasteiger partial charge in [-0.25, -0.2) is 0 Å². The first kappa shape index (κ1) is 13.1. The Kier molecular flexibility index (Phi) is 4.26. The van der Waals surface area contributed by atoms with Crippen LogP contribution in [0.3, 0.4) is 0 Å². The van der Waals surface area contributed by atoms with E-state index in [4.69, 9.17) is 0 Å². The second-order valence-electron chi connectivity index (χ2n) is 5.62. The predicted octanol–water partition coefficient (Wildman–Crippen LogP) is 4.53. The molecule has 1 fully saturated rings. The second-order valence-corrected chi connectivity index (χ2v) is 6.53. The molecule has 2 rings (SSSR count). The molecule has 1 aromatic rings. The van der Waals surface area contributed by atoms with Crippen LogP contribution in [0.1, 0.15) is 45.2 Å². The third kappa shape index (κ3) is 3.32. The summed E-state index contributed by atoms with van der Waals surface area (Å²) in [5.41, 5.74) is 1.37. The van der Waals surface area contributed by atoms with Gasteiger partial charge in [0.2, 0.25) is 0 Å². The Morgan fingerprint density at radius 2 is 1.94 bits per heavy atom. The summed E-state index contributed by atoms with van der Waals surface area (Å²) >= 11 is 3.53. The van der Waals surface area contributed by atoms with Gasteiger partial charge in [0.15, 0.2) is 0 Å². The molecule has 0 radical (unpaired) electrons. The fraction of sp³-hybridized carbons (Fsp3) is 0.600. The smallest absolute Gasteiger partial charge is 0.0294 e. The average Bonchev–Trinajstić information content (AvgIpc) is 2.21. The van der Waals surface area contributed by atoms with Crippen molar-refractivity contribution in [3.63, 3.8) is 0 Å². The minimum atomic E-state index is 0.450.